The molecule has 0 saturated carbocycles. The largest absolute Gasteiger partial charge is 0.369 e. The number of aryl methyl sites for hydroxylation is 1. The molecule has 0 fully saturated rings. The first-order valence-corrected chi connectivity index (χ1v) is 8.90. The van der Waals surface area contributed by atoms with Crippen LogP contribution in [0.3, 0.4) is 0 Å². The van der Waals surface area contributed by atoms with Crippen molar-refractivity contribution in [3.63, 3.8) is 0 Å². The van der Waals surface area contributed by atoms with Gasteiger partial charge in [0.05, 0.1) is 23.5 Å². The predicted molar refractivity (Wildman–Crippen MR) is 104 cm³/mol. The third kappa shape index (κ3) is 3.56. The molecule has 146 valence electrons. The summed E-state index contributed by atoms with van der Waals surface area (Å²) in [4.78, 5) is 24.4. The minimum Gasteiger partial charge on any atom is -0.369 e. The summed E-state index contributed by atoms with van der Waals surface area (Å²) in [5.74, 6) is -0.503. The summed E-state index contributed by atoms with van der Waals surface area (Å²) in [6.07, 6.45) is 1.87. The second-order valence-electron chi connectivity index (χ2n) is 6.63. The van der Waals surface area contributed by atoms with Crippen LogP contribution in [-0.4, -0.2) is 25.3 Å². The molecular formula is C21H17F2N5O. The van der Waals surface area contributed by atoms with E-state index in [4.69, 9.17) is 5.73 Å². The number of rotatable bonds is 5. The zero-order valence-corrected chi connectivity index (χ0v) is 15.5. The number of imidazole rings is 1. The molecule has 0 aliphatic carbocycles. The molecular weight excluding hydrogens is 376 g/mol. The highest BCUT2D eigenvalue weighted by atomic mass is 19.3. The summed E-state index contributed by atoms with van der Waals surface area (Å²) in [6.45, 7) is 1.83. The first-order chi connectivity index (χ1) is 13.9. The lowest BCUT2D eigenvalue weighted by atomic mass is 9.97. The highest BCUT2D eigenvalue weighted by Gasteiger charge is 2.21. The zero-order valence-electron chi connectivity index (χ0n) is 15.5. The van der Waals surface area contributed by atoms with Crippen molar-refractivity contribution >= 4 is 11.6 Å². The molecule has 4 rings (SSSR count). The van der Waals surface area contributed by atoms with E-state index in [2.05, 4.69) is 15.0 Å². The Morgan fingerprint density at radius 2 is 2.00 bits per heavy atom. The second-order valence-corrected chi connectivity index (χ2v) is 6.63. The zero-order chi connectivity index (χ0) is 20.5. The highest BCUT2D eigenvalue weighted by molar-refractivity contribution is 5.82. The van der Waals surface area contributed by atoms with Gasteiger partial charge in [0.15, 0.2) is 0 Å². The molecule has 2 N–H and O–H groups in total. The highest BCUT2D eigenvalue weighted by Crippen LogP contribution is 2.37. The Balaban J connectivity index is 1.97. The lowest BCUT2D eigenvalue weighted by Gasteiger charge is -2.14. The van der Waals surface area contributed by atoms with Crippen LogP contribution in [-0.2, 0) is 11.2 Å². The number of nitrogens with two attached hydrogens (primary N) is 1. The van der Waals surface area contributed by atoms with Crippen molar-refractivity contribution in [1.82, 2.24) is 19.4 Å². The molecule has 0 aliphatic rings. The summed E-state index contributed by atoms with van der Waals surface area (Å²) in [5, 5.41) is 0. The molecule has 29 heavy (non-hydrogen) atoms. The van der Waals surface area contributed by atoms with E-state index in [1.807, 2.05) is 19.1 Å². The molecule has 0 radical (unpaired) electrons. The van der Waals surface area contributed by atoms with Gasteiger partial charge < -0.3 is 10.1 Å². The Bertz CT molecular complexity index is 1220. The van der Waals surface area contributed by atoms with Crippen LogP contribution in [0.1, 0.15) is 23.4 Å². The normalized spacial score (nSPS) is 11.3. The maximum absolute atomic E-state index is 13.9. The van der Waals surface area contributed by atoms with E-state index < -0.39 is 12.3 Å². The first kappa shape index (κ1) is 18.7. The van der Waals surface area contributed by atoms with Gasteiger partial charge in [0.25, 0.3) is 6.43 Å². The smallest absolute Gasteiger partial charge is 0.264 e. The monoisotopic (exact) mass is 393 g/mol. The quantitative estimate of drug-likeness (QED) is 0.560. The fraction of sp³-hybridized carbons (Fsp3) is 0.143. The Hall–Kier alpha value is -3.68. The van der Waals surface area contributed by atoms with Crippen molar-refractivity contribution in [2.24, 2.45) is 5.73 Å². The molecule has 0 saturated heterocycles. The summed E-state index contributed by atoms with van der Waals surface area (Å²) >= 11 is 0. The van der Waals surface area contributed by atoms with Crippen molar-refractivity contribution in [3.8, 4) is 22.5 Å². The van der Waals surface area contributed by atoms with Gasteiger partial charge in [-0.25, -0.2) is 13.8 Å². The minimum atomic E-state index is -2.69. The number of pyridine rings is 3. The molecule has 4 heterocycles. The van der Waals surface area contributed by atoms with Crippen LogP contribution in [0.15, 0.2) is 55.0 Å². The number of carbonyl (C=O) groups excluding carboxylic acids is 1. The fourth-order valence-electron chi connectivity index (χ4n) is 3.32. The van der Waals surface area contributed by atoms with E-state index in [1.165, 1.54) is 12.3 Å². The first-order valence-electron chi connectivity index (χ1n) is 8.90. The van der Waals surface area contributed by atoms with Gasteiger partial charge in [-0.2, -0.15) is 0 Å². The molecule has 0 unspecified atom stereocenters. The maximum atomic E-state index is 13.9. The van der Waals surface area contributed by atoms with Crippen LogP contribution < -0.4 is 5.73 Å². The predicted octanol–water partition coefficient (Wildman–Crippen LogP) is 3.73. The molecule has 6 nitrogen and oxygen atoms in total. The number of alkyl halides is 2. The standard InChI is InChI=1S/C21H17F2N5O/c1-12-3-2-4-16(27-12)20-19(15(21(22)23)7-8-25-20)13-5-6-18-26-10-14(9-17(24)29)28(18)11-13/h2-8,10-11,21H,9H2,1H3,(H2,24,29). The van der Waals surface area contributed by atoms with Crippen LogP contribution in [0, 0.1) is 6.92 Å². The Labute approximate surface area is 165 Å². The van der Waals surface area contributed by atoms with E-state index in [1.54, 1.807) is 35.0 Å². The van der Waals surface area contributed by atoms with Crippen molar-refractivity contribution in [2.75, 3.05) is 0 Å². The summed E-state index contributed by atoms with van der Waals surface area (Å²) in [7, 11) is 0. The fourth-order valence-corrected chi connectivity index (χ4v) is 3.32. The number of fused-ring (bicyclic) bond motifs is 1. The lowest BCUT2D eigenvalue weighted by molar-refractivity contribution is -0.117. The van der Waals surface area contributed by atoms with Crippen molar-refractivity contribution < 1.29 is 13.6 Å². The second kappa shape index (κ2) is 7.38. The van der Waals surface area contributed by atoms with Crippen LogP contribution >= 0.6 is 0 Å². The van der Waals surface area contributed by atoms with Crippen LogP contribution in [0.5, 0.6) is 0 Å². The molecule has 0 spiro atoms. The number of hydrogen-bond donors (Lipinski definition) is 1. The van der Waals surface area contributed by atoms with Gasteiger partial charge in [0, 0.05) is 41.0 Å². The third-order valence-corrected chi connectivity index (χ3v) is 4.58. The van der Waals surface area contributed by atoms with Crippen LogP contribution in [0.25, 0.3) is 28.2 Å². The van der Waals surface area contributed by atoms with Crippen LogP contribution in [0.4, 0.5) is 8.78 Å². The molecule has 4 aromatic rings. The number of carbonyl (C=O) groups is 1. The Morgan fingerprint density at radius 3 is 2.72 bits per heavy atom. The van der Waals surface area contributed by atoms with Gasteiger partial charge in [-0.1, -0.05) is 6.07 Å². The number of hydrogen-bond acceptors (Lipinski definition) is 4. The molecule has 0 aromatic carbocycles. The summed E-state index contributed by atoms with van der Waals surface area (Å²) < 4.78 is 29.4. The molecule has 0 aliphatic heterocycles. The van der Waals surface area contributed by atoms with E-state index in [9.17, 15) is 13.6 Å². The summed E-state index contributed by atoms with van der Waals surface area (Å²) in [5.41, 5.74) is 8.76. The van der Waals surface area contributed by atoms with Gasteiger partial charge in [0.1, 0.15) is 5.65 Å². The van der Waals surface area contributed by atoms with Gasteiger partial charge >= 0.3 is 0 Å². The average molecular weight is 393 g/mol. The van der Waals surface area contributed by atoms with E-state index in [0.29, 0.717) is 33.9 Å². The number of amides is 1. The van der Waals surface area contributed by atoms with Crippen molar-refractivity contribution in [1.29, 1.82) is 0 Å². The number of nitrogens with zero attached hydrogens (tertiary/aromatic N) is 4. The molecule has 1 amide bonds. The van der Waals surface area contributed by atoms with E-state index >= 15 is 0 Å². The number of primary amides is 1. The number of aromatic nitrogens is 4. The molecule has 8 heteroatoms. The molecule has 0 bridgehead atoms. The van der Waals surface area contributed by atoms with Gasteiger partial charge in [-0.3, -0.25) is 14.8 Å². The van der Waals surface area contributed by atoms with Gasteiger partial charge in [-0.05, 0) is 37.3 Å². The van der Waals surface area contributed by atoms with Crippen molar-refractivity contribution in [3.05, 3.63) is 71.9 Å². The lowest BCUT2D eigenvalue weighted by Crippen LogP contribution is -2.14. The topological polar surface area (TPSA) is 86.2 Å². The average Bonchev–Trinajstić information content (AvgIpc) is 3.08. The molecule has 4 aromatic heterocycles. The van der Waals surface area contributed by atoms with Crippen molar-refractivity contribution in [2.45, 2.75) is 19.8 Å². The molecule has 0 atom stereocenters. The van der Waals surface area contributed by atoms with Crippen LogP contribution in [0.2, 0.25) is 0 Å². The summed E-state index contributed by atoms with van der Waals surface area (Å²) in [6, 6.07) is 10.1. The number of halogens is 2. The Kier molecular flexibility index (Phi) is 4.75. The maximum Gasteiger partial charge on any atom is 0.264 e. The van der Waals surface area contributed by atoms with E-state index in [-0.39, 0.29) is 12.0 Å². The Morgan fingerprint density at radius 1 is 1.17 bits per heavy atom. The van der Waals surface area contributed by atoms with Gasteiger partial charge in [-0.15, -0.1) is 0 Å². The van der Waals surface area contributed by atoms with E-state index in [0.717, 1.165) is 5.69 Å². The third-order valence-electron chi connectivity index (χ3n) is 4.58. The minimum absolute atomic E-state index is 0.00828. The SMILES string of the molecule is Cc1cccc(-c2nccc(C(F)F)c2-c2ccc3ncc(CC(N)=O)n3c2)n1. The van der Waals surface area contributed by atoms with Gasteiger partial charge in [0.2, 0.25) is 5.91 Å².